The summed E-state index contributed by atoms with van der Waals surface area (Å²) in [6.45, 7) is 5.57. The third-order valence-corrected chi connectivity index (χ3v) is 7.18. The van der Waals surface area contributed by atoms with E-state index in [9.17, 15) is 13.2 Å². The van der Waals surface area contributed by atoms with Crippen molar-refractivity contribution in [2.75, 3.05) is 11.9 Å². The van der Waals surface area contributed by atoms with Gasteiger partial charge in [0.2, 0.25) is 10.0 Å². The predicted octanol–water partition coefficient (Wildman–Crippen LogP) is 5.38. The van der Waals surface area contributed by atoms with E-state index in [0.717, 1.165) is 33.3 Å². The normalized spacial score (nSPS) is 12.2. The van der Waals surface area contributed by atoms with Crippen LogP contribution in [-0.2, 0) is 21.2 Å². The number of nitrogens with one attached hydrogen (secondary N) is 2. The Kier molecular flexibility index (Phi) is 8.29. The standard InChI is InChI=1S/C25H27BrN2O4S/c1-4-19-15-21(26)14-17(2)25(19)27-24(29)16-32-22-10-12-23(13-11-22)33(30,31)28-18(3)20-8-6-5-7-9-20/h5-15,18,28H,4,16H2,1-3H3,(H,27,29). The fourth-order valence-electron chi connectivity index (χ4n) is 3.42. The van der Waals surface area contributed by atoms with E-state index in [-0.39, 0.29) is 23.5 Å². The summed E-state index contributed by atoms with van der Waals surface area (Å²) in [7, 11) is -3.70. The first-order valence-corrected chi connectivity index (χ1v) is 12.9. The van der Waals surface area contributed by atoms with E-state index in [0.29, 0.717) is 5.75 Å². The summed E-state index contributed by atoms with van der Waals surface area (Å²) in [6.07, 6.45) is 0.781. The summed E-state index contributed by atoms with van der Waals surface area (Å²) in [6, 6.07) is 18.9. The van der Waals surface area contributed by atoms with E-state index in [2.05, 4.69) is 26.0 Å². The summed E-state index contributed by atoms with van der Waals surface area (Å²) in [5, 5.41) is 2.91. The molecule has 174 valence electrons. The zero-order valence-corrected chi connectivity index (χ0v) is 21.2. The lowest BCUT2D eigenvalue weighted by molar-refractivity contribution is -0.118. The molecule has 33 heavy (non-hydrogen) atoms. The number of sulfonamides is 1. The molecule has 0 bridgehead atoms. The Bertz CT molecular complexity index is 1210. The van der Waals surface area contributed by atoms with Crippen molar-refractivity contribution in [2.45, 2.75) is 38.1 Å². The molecule has 0 aromatic heterocycles. The molecule has 0 aliphatic carbocycles. The molecule has 3 rings (SSSR count). The second kappa shape index (κ2) is 11.0. The molecule has 2 N–H and O–H groups in total. The van der Waals surface area contributed by atoms with E-state index in [1.54, 1.807) is 6.92 Å². The minimum Gasteiger partial charge on any atom is -0.484 e. The van der Waals surface area contributed by atoms with Crippen LogP contribution in [0.5, 0.6) is 5.75 Å². The molecule has 0 heterocycles. The second-order valence-corrected chi connectivity index (χ2v) is 10.3. The fraction of sp³-hybridized carbons (Fsp3) is 0.240. The molecule has 0 radical (unpaired) electrons. The lowest BCUT2D eigenvalue weighted by Gasteiger charge is -2.15. The molecule has 1 atom stereocenters. The Labute approximate surface area is 203 Å². The second-order valence-electron chi connectivity index (χ2n) is 7.67. The van der Waals surface area contributed by atoms with Crippen LogP contribution in [0.3, 0.4) is 0 Å². The zero-order valence-electron chi connectivity index (χ0n) is 18.8. The summed E-state index contributed by atoms with van der Waals surface area (Å²) in [5.41, 5.74) is 3.65. The zero-order chi connectivity index (χ0) is 24.0. The number of ether oxygens (including phenoxy) is 1. The van der Waals surface area contributed by atoms with Gasteiger partial charge in [0, 0.05) is 16.2 Å². The third-order valence-electron chi connectivity index (χ3n) is 5.16. The highest BCUT2D eigenvalue weighted by Gasteiger charge is 2.18. The number of rotatable bonds is 9. The number of benzene rings is 3. The molecule has 1 unspecified atom stereocenters. The van der Waals surface area contributed by atoms with Crippen molar-refractivity contribution in [3.63, 3.8) is 0 Å². The Balaban J connectivity index is 1.60. The quantitative estimate of drug-likeness (QED) is 0.389. The van der Waals surface area contributed by atoms with Gasteiger partial charge in [-0.15, -0.1) is 0 Å². The van der Waals surface area contributed by atoms with Crippen LogP contribution >= 0.6 is 15.9 Å². The van der Waals surface area contributed by atoms with Gasteiger partial charge in [-0.25, -0.2) is 13.1 Å². The Morgan fingerprint density at radius 1 is 1.06 bits per heavy atom. The SMILES string of the molecule is CCc1cc(Br)cc(C)c1NC(=O)COc1ccc(S(=O)(=O)NC(C)c2ccccc2)cc1. The fourth-order valence-corrected chi connectivity index (χ4v) is 5.27. The first-order valence-electron chi connectivity index (χ1n) is 10.6. The van der Waals surface area contributed by atoms with Gasteiger partial charge < -0.3 is 10.1 Å². The topological polar surface area (TPSA) is 84.5 Å². The van der Waals surface area contributed by atoms with Crippen LogP contribution < -0.4 is 14.8 Å². The third kappa shape index (κ3) is 6.66. The van der Waals surface area contributed by atoms with Crippen molar-refractivity contribution in [1.29, 1.82) is 0 Å². The van der Waals surface area contributed by atoms with Gasteiger partial charge in [-0.3, -0.25) is 4.79 Å². The number of hydrogen-bond donors (Lipinski definition) is 2. The number of amides is 1. The Hall–Kier alpha value is -2.68. The maximum absolute atomic E-state index is 12.7. The van der Waals surface area contributed by atoms with Gasteiger partial charge in [0.1, 0.15) is 5.75 Å². The molecule has 3 aromatic rings. The highest BCUT2D eigenvalue weighted by molar-refractivity contribution is 9.10. The van der Waals surface area contributed by atoms with Crippen LogP contribution in [0.2, 0.25) is 0 Å². The molecule has 0 aliphatic heterocycles. The van der Waals surface area contributed by atoms with E-state index in [1.165, 1.54) is 24.3 Å². The first-order chi connectivity index (χ1) is 15.7. The van der Waals surface area contributed by atoms with Crippen molar-refractivity contribution in [2.24, 2.45) is 0 Å². The minimum absolute atomic E-state index is 0.125. The molecule has 6 nitrogen and oxygen atoms in total. The van der Waals surface area contributed by atoms with Crippen LogP contribution in [0.1, 0.15) is 36.6 Å². The maximum Gasteiger partial charge on any atom is 0.262 e. The highest BCUT2D eigenvalue weighted by Crippen LogP contribution is 2.26. The van der Waals surface area contributed by atoms with Crippen molar-refractivity contribution in [3.8, 4) is 5.75 Å². The molecule has 3 aromatic carbocycles. The average Bonchev–Trinajstić information content (AvgIpc) is 2.79. The largest absolute Gasteiger partial charge is 0.484 e. The summed E-state index contributed by atoms with van der Waals surface area (Å²) < 4.78 is 34.6. The molecule has 0 saturated carbocycles. The number of hydrogen-bond acceptors (Lipinski definition) is 4. The van der Waals surface area contributed by atoms with E-state index >= 15 is 0 Å². The molecule has 0 aliphatic rings. The van der Waals surface area contributed by atoms with Crippen LogP contribution in [0.15, 0.2) is 76.1 Å². The maximum atomic E-state index is 12.7. The number of aryl methyl sites for hydroxylation is 2. The molecule has 0 saturated heterocycles. The van der Waals surface area contributed by atoms with Crippen LogP contribution in [0.4, 0.5) is 5.69 Å². The molecule has 0 spiro atoms. The number of carbonyl (C=O) groups excluding carboxylic acids is 1. The van der Waals surface area contributed by atoms with Crippen LogP contribution in [-0.4, -0.2) is 20.9 Å². The van der Waals surface area contributed by atoms with Gasteiger partial charge in [0.05, 0.1) is 4.90 Å². The smallest absolute Gasteiger partial charge is 0.262 e. The summed E-state index contributed by atoms with van der Waals surface area (Å²) in [4.78, 5) is 12.5. The van der Waals surface area contributed by atoms with Crippen LogP contribution in [0.25, 0.3) is 0 Å². The molecule has 8 heteroatoms. The molecular weight excluding hydrogens is 504 g/mol. The number of carbonyl (C=O) groups is 1. The number of anilines is 1. The molecule has 1 amide bonds. The Morgan fingerprint density at radius 3 is 2.36 bits per heavy atom. The monoisotopic (exact) mass is 530 g/mol. The van der Waals surface area contributed by atoms with Gasteiger partial charge in [-0.05, 0) is 73.4 Å². The van der Waals surface area contributed by atoms with Gasteiger partial charge in [0.15, 0.2) is 6.61 Å². The van der Waals surface area contributed by atoms with Gasteiger partial charge >= 0.3 is 0 Å². The first kappa shape index (κ1) is 25.0. The van der Waals surface area contributed by atoms with E-state index in [1.807, 2.05) is 56.3 Å². The molecular formula is C25H27BrN2O4S. The van der Waals surface area contributed by atoms with Crippen molar-refractivity contribution in [3.05, 3.63) is 87.9 Å². The number of halogens is 1. The summed E-state index contributed by atoms with van der Waals surface area (Å²) >= 11 is 3.48. The van der Waals surface area contributed by atoms with Gasteiger partial charge in [-0.1, -0.05) is 53.2 Å². The summed E-state index contributed by atoms with van der Waals surface area (Å²) in [5.74, 6) is 0.119. The minimum atomic E-state index is -3.70. The van der Waals surface area contributed by atoms with Crippen molar-refractivity contribution in [1.82, 2.24) is 4.72 Å². The van der Waals surface area contributed by atoms with Crippen molar-refractivity contribution >= 4 is 37.5 Å². The average molecular weight is 531 g/mol. The lowest BCUT2D eigenvalue weighted by Crippen LogP contribution is -2.26. The molecule has 0 fully saturated rings. The van der Waals surface area contributed by atoms with Gasteiger partial charge in [0.25, 0.3) is 5.91 Å². The predicted molar refractivity (Wildman–Crippen MR) is 134 cm³/mol. The Morgan fingerprint density at radius 2 is 1.73 bits per heavy atom. The van der Waals surface area contributed by atoms with E-state index in [4.69, 9.17) is 4.74 Å². The van der Waals surface area contributed by atoms with Crippen molar-refractivity contribution < 1.29 is 17.9 Å². The van der Waals surface area contributed by atoms with E-state index < -0.39 is 10.0 Å². The van der Waals surface area contributed by atoms with Crippen LogP contribution in [0, 0.1) is 6.92 Å². The highest BCUT2D eigenvalue weighted by atomic mass is 79.9. The lowest BCUT2D eigenvalue weighted by atomic mass is 10.1. The van der Waals surface area contributed by atoms with Gasteiger partial charge in [-0.2, -0.15) is 0 Å².